The number of ketones is 1. The molecule has 0 radical (unpaired) electrons. The van der Waals surface area contributed by atoms with Gasteiger partial charge in [-0.25, -0.2) is 4.79 Å². The van der Waals surface area contributed by atoms with Crippen LogP contribution in [0.25, 0.3) is 0 Å². The molecule has 0 aliphatic heterocycles. The molecule has 0 fully saturated rings. The maximum Gasteiger partial charge on any atom is 0.323 e. The Morgan fingerprint density at radius 1 is 0.680 bits per heavy atom. The van der Waals surface area contributed by atoms with E-state index in [-0.39, 0.29) is 11.8 Å². The molecule has 4 heteroatoms. The van der Waals surface area contributed by atoms with Crippen LogP contribution in [0, 0.1) is 6.92 Å². The van der Waals surface area contributed by atoms with Crippen LogP contribution in [0.3, 0.4) is 0 Å². The Morgan fingerprint density at radius 2 is 1.32 bits per heavy atom. The van der Waals surface area contributed by atoms with E-state index in [1.807, 2.05) is 49.4 Å². The maximum absolute atomic E-state index is 12.4. The molecule has 0 aromatic heterocycles. The lowest BCUT2D eigenvalue weighted by atomic mass is 10.0. The molecule has 3 aromatic rings. The number of carbonyl (C=O) groups excluding carboxylic acids is 2. The fourth-order valence-electron chi connectivity index (χ4n) is 2.48. The van der Waals surface area contributed by atoms with Gasteiger partial charge in [-0.05, 0) is 48.9 Å². The molecule has 0 saturated carbocycles. The fraction of sp³-hybridized carbons (Fsp3) is 0.0476. The van der Waals surface area contributed by atoms with Crippen molar-refractivity contribution >= 4 is 23.2 Å². The number of rotatable bonds is 4. The zero-order valence-corrected chi connectivity index (χ0v) is 13.8. The van der Waals surface area contributed by atoms with Gasteiger partial charge in [-0.1, -0.05) is 42.5 Å². The van der Waals surface area contributed by atoms with Crippen LogP contribution in [0.2, 0.25) is 0 Å². The van der Waals surface area contributed by atoms with Gasteiger partial charge in [0.15, 0.2) is 5.78 Å². The second kappa shape index (κ2) is 7.45. The SMILES string of the molecule is Cc1cccc(NC(=O)Nc2ccc(C(=O)c3ccccc3)cc2)c1. The average Bonchev–Trinajstić information content (AvgIpc) is 2.62. The average molecular weight is 330 g/mol. The van der Waals surface area contributed by atoms with Gasteiger partial charge in [-0.3, -0.25) is 4.79 Å². The molecule has 0 aliphatic rings. The van der Waals surface area contributed by atoms with Crippen LogP contribution in [0.15, 0.2) is 78.9 Å². The summed E-state index contributed by atoms with van der Waals surface area (Å²) in [6, 6.07) is 23.2. The largest absolute Gasteiger partial charge is 0.323 e. The number of hydrogen-bond donors (Lipinski definition) is 2. The summed E-state index contributed by atoms with van der Waals surface area (Å²) in [4.78, 5) is 24.4. The Balaban J connectivity index is 1.64. The first-order valence-electron chi connectivity index (χ1n) is 7.96. The molecule has 0 saturated heterocycles. The van der Waals surface area contributed by atoms with Gasteiger partial charge in [0.25, 0.3) is 0 Å². The number of carbonyl (C=O) groups is 2. The Labute approximate surface area is 146 Å². The Morgan fingerprint density at radius 3 is 2.00 bits per heavy atom. The third-order valence-corrected chi connectivity index (χ3v) is 3.72. The monoisotopic (exact) mass is 330 g/mol. The van der Waals surface area contributed by atoms with Crippen molar-refractivity contribution in [3.8, 4) is 0 Å². The summed E-state index contributed by atoms with van der Waals surface area (Å²) < 4.78 is 0. The van der Waals surface area contributed by atoms with Gasteiger partial charge in [-0.2, -0.15) is 0 Å². The van der Waals surface area contributed by atoms with Crippen LogP contribution < -0.4 is 10.6 Å². The molecule has 124 valence electrons. The lowest BCUT2D eigenvalue weighted by Gasteiger charge is -2.09. The summed E-state index contributed by atoms with van der Waals surface area (Å²) in [7, 11) is 0. The molecule has 0 atom stereocenters. The van der Waals surface area contributed by atoms with Crippen molar-refractivity contribution in [2.24, 2.45) is 0 Å². The zero-order valence-electron chi connectivity index (χ0n) is 13.8. The van der Waals surface area contributed by atoms with Crippen molar-refractivity contribution in [2.75, 3.05) is 10.6 Å². The van der Waals surface area contributed by atoms with E-state index >= 15 is 0 Å². The predicted molar refractivity (Wildman–Crippen MR) is 100 cm³/mol. The van der Waals surface area contributed by atoms with Gasteiger partial charge in [0.2, 0.25) is 0 Å². The van der Waals surface area contributed by atoms with E-state index in [1.165, 1.54) is 0 Å². The molecule has 3 rings (SSSR count). The highest BCUT2D eigenvalue weighted by molar-refractivity contribution is 6.09. The molecule has 25 heavy (non-hydrogen) atoms. The van der Waals surface area contributed by atoms with Crippen LogP contribution in [0.4, 0.5) is 16.2 Å². The van der Waals surface area contributed by atoms with Gasteiger partial charge >= 0.3 is 6.03 Å². The lowest BCUT2D eigenvalue weighted by molar-refractivity contribution is 0.103. The number of hydrogen-bond acceptors (Lipinski definition) is 2. The summed E-state index contributed by atoms with van der Waals surface area (Å²) in [5.74, 6) is -0.0450. The summed E-state index contributed by atoms with van der Waals surface area (Å²) in [6.07, 6.45) is 0. The van der Waals surface area contributed by atoms with Crippen molar-refractivity contribution in [1.82, 2.24) is 0 Å². The van der Waals surface area contributed by atoms with E-state index < -0.39 is 0 Å². The smallest absolute Gasteiger partial charge is 0.308 e. The van der Waals surface area contributed by atoms with Crippen LogP contribution >= 0.6 is 0 Å². The highest BCUT2D eigenvalue weighted by Gasteiger charge is 2.09. The van der Waals surface area contributed by atoms with Crippen molar-refractivity contribution in [3.05, 3.63) is 95.6 Å². The molecular formula is C21H18N2O2. The summed E-state index contributed by atoms with van der Waals surface area (Å²) in [5, 5.41) is 5.53. The van der Waals surface area contributed by atoms with Crippen molar-refractivity contribution < 1.29 is 9.59 Å². The van der Waals surface area contributed by atoms with Gasteiger partial charge < -0.3 is 10.6 Å². The first-order valence-corrected chi connectivity index (χ1v) is 7.96. The Bertz CT molecular complexity index is 887. The van der Waals surface area contributed by atoms with Crippen LogP contribution in [-0.2, 0) is 0 Å². The second-order valence-electron chi connectivity index (χ2n) is 5.72. The van der Waals surface area contributed by atoms with E-state index in [0.29, 0.717) is 16.8 Å². The first kappa shape index (κ1) is 16.5. The van der Waals surface area contributed by atoms with Gasteiger partial charge in [-0.15, -0.1) is 0 Å². The van der Waals surface area contributed by atoms with Gasteiger partial charge in [0.05, 0.1) is 0 Å². The molecule has 0 unspecified atom stereocenters. The van der Waals surface area contributed by atoms with Gasteiger partial charge in [0, 0.05) is 22.5 Å². The maximum atomic E-state index is 12.4. The minimum Gasteiger partial charge on any atom is -0.308 e. The molecule has 0 heterocycles. The molecule has 2 N–H and O–H groups in total. The number of urea groups is 1. The number of aryl methyl sites for hydroxylation is 1. The number of anilines is 2. The highest BCUT2D eigenvalue weighted by Crippen LogP contribution is 2.15. The minimum atomic E-state index is -0.326. The van der Waals surface area contributed by atoms with E-state index in [9.17, 15) is 9.59 Å². The second-order valence-corrected chi connectivity index (χ2v) is 5.72. The van der Waals surface area contributed by atoms with Crippen molar-refractivity contribution in [3.63, 3.8) is 0 Å². The topological polar surface area (TPSA) is 58.2 Å². The van der Waals surface area contributed by atoms with E-state index in [1.54, 1.807) is 36.4 Å². The van der Waals surface area contributed by atoms with Crippen LogP contribution in [-0.4, -0.2) is 11.8 Å². The third kappa shape index (κ3) is 4.32. The number of nitrogens with one attached hydrogen (secondary N) is 2. The van der Waals surface area contributed by atoms with Crippen molar-refractivity contribution in [2.45, 2.75) is 6.92 Å². The zero-order chi connectivity index (χ0) is 17.6. The molecule has 0 spiro atoms. The van der Waals surface area contributed by atoms with Crippen molar-refractivity contribution in [1.29, 1.82) is 0 Å². The van der Waals surface area contributed by atoms with E-state index in [2.05, 4.69) is 10.6 Å². The lowest BCUT2D eigenvalue weighted by Crippen LogP contribution is -2.19. The number of amides is 2. The summed E-state index contributed by atoms with van der Waals surface area (Å²) in [6.45, 7) is 1.96. The summed E-state index contributed by atoms with van der Waals surface area (Å²) >= 11 is 0. The molecule has 4 nitrogen and oxygen atoms in total. The van der Waals surface area contributed by atoms with E-state index in [4.69, 9.17) is 0 Å². The molecule has 0 aliphatic carbocycles. The van der Waals surface area contributed by atoms with Crippen LogP contribution in [0.1, 0.15) is 21.5 Å². The fourth-order valence-corrected chi connectivity index (χ4v) is 2.48. The normalized spacial score (nSPS) is 10.1. The van der Waals surface area contributed by atoms with E-state index in [0.717, 1.165) is 11.3 Å². The predicted octanol–water partition coefficient (Wildman–Crippen LogP) is 4.87. The first-order chi connectivity index (χ1) is 12.1. The quantitative estimate of drug-likeness (QED) is 0.671. The summed E-state index contributed by atoms with van der Waals surface area (Å²) in [5.41, 5.74) is 3.64. The molecule has 3 aromatic carbocycles. The molecular weight excluding hydrogens is 312 g/mol. The minimum absolute atomic E-state index is 0.0450. The highest BCUT2D eigenvalue weighted by atomic mass is 16.2. The number of benzene rings is 3. The Hall–Kier alpha value is -3.40. The third-order valence-electron chi connectivity index (χ3n) is 3.72. The van der Waals surface area contributed by atoms with Gasteiger partial charge in [0.1, 0.15) is 0 Å². The Kier molecular flexibility index (Phi) is 4.90. The van der Waals surface area contributed by atoms with Crippen LogP contribution in [0.5, 0.6) is 0 Å². The molecule has 0 bridgehead atoms. The molecule has 2 amide bonds. The standard InChI is InChI=1S/C21H18N2O2/c1-15-6-5-9-19(14-15)23-21(25)22-18-12-10-17(11-13-18)20(24)16-7-3-2-4-8-16/h2-14H,1H3,(H2,22,23,25).